The van der Waals surface area contributed by atoms with Crippen LogP contribution in [0.1, 0.15) is 44.2 Å². The summed E-state index contributed by atoms with van der Waals surface area (Å²) in [4.78, 5) is 28.0. The predicted octanol–water partition coefficient (Wildman–Crippen LogP) is 2.69. The molecule has 0 saturated heterocycles. The Kier molecular flexibility index (Phi) is 3.47. The summed E-state index contributed by atoms with van der Waals surface area (Å²) in [5.41, 5.74) is 5.45. The first kappa shape index (κ1) is 15.4. The zero-order chi connectivity index (χ0) is 16.2. The van der Waals surface area contributed by atoms with Crippen LogP contribution in [-0.2, 0) is 16.0 Å². The van der Waals surface area contributed by atoms with E-state index < -0.39 is 5.91 Å². The fourth-order valence-electron chi connectivity index (χ4n) is 5.27. The van der Waals surface area contributed by atoms with Crippen LogP contribution in [0.15, 0.2) is 5.38 Å². The molecule has 0 unspecified atom stereocenters. The number of nitrogens with zero attached hydrogens (tertiary/aromatic N) is 1. The number of primary amides is 1. The van der Waals surface area contributed by atoms with Gasteiger partial charge in [0.1, 0.15) is 0 Å². The van der Waals surface area contributed by atoms with Crippen LogP contribution < -0.4 is 11.1 Å². The standard InChI is InChI=1S/C16H20ClN3O2S/c17-16-5-9-1-10(6-16)4-15(3-9,8-16)13(22)20-14-19-11(7-23-14)2-12(18)21/h7,9-10H,1-6,8H2,(H2,18,21)(H,19,20,22)/t9-,10-,15?,16?/m1/s1. The van der Waals surface area contributed by atoms with E-state index in [1.54, 1.807) is 5.38 Å². The van der Waals surface area contributed by atoms with Gasteiger partial charge in [0.25, 0.3) is 0 Å². The topological polar surface area (TPSA) is 85.1 Å². The van der Waals surface area contributed by atoms with Crippen LogP contribution in [0.25, 0.3) is 0 Å². The number of alkyl halides is 1. The van der Waals surface area contributed by atoms with Crippen LogP contribution in [-0.4, -0.2) is 21.7 Å². The lowest BCUT2D eigenvalue weighted by Gasteiger charge is -2.59. The number of thiazole rings is 1. The normalized spacial score (nSPS) is 37.8. The van der Waals surface area contributed by atoms with E-state index in [1.165, 1.54) is 17.8 Å². The van der Waals surface area contributed by atoms with Gasteiger partial charge >= 0.3 is 0 Å². The molecule has 4 aliphatic carbocycles. The summed E-state index contributed by atoms with van der Waals surface area (Å²) in [5, 5.41) is 5.28. The van der Waals surface area contributed by atoms with Gasteiger partial charge in [-0.05, 0) is 50.4 Å². The Bertz CT molecular complexity index is 660. The highest BCUT2D eigenvalue weighted by Crippen LogP contribution is 2.64. The molecule has 124 valence electrons. The summed E-state index contributed by atoms with van der Waals surface area (Å²) in [6, 6.07) is 0. The molecule has 23 heavy (non-hydrogen) atoms. The molecule has 4 aliphatic rings. The average molecular weight is 354 g/mol. The molecular formula is C16H20ClN3O2S. The van der Waals surface area contributed by atoms with Gasteiger partial charge in [-0.3, -0.25) is 9.59 Å². The van der Waals surface area contributed by atoms with Gasteiger partial charge in [-0.1, -0.05) is 0 Å². The lowest BCUT2D eigenvalue weighted by Crippen LogP contribution is -2.57. The van der Waals surface area contributed by atoms with E-state index in [1.807, 2.05) is 0 Å². The average Bonchev–Trinajstić information content (AvgIpc) is 2.82. The third kappa shape index (κ3) is 2.76. The Hall–Kier alpha value is -1.14. The quantitative estimate of drug-likeness (QED) is 0.816. The maximum absolute atomic E-state index is 12.9. The highest BCUT2D eigenvalue weighted by Gasteiger charge is 2.60. The van der Waals surface area contributed by atoms with Crippen molar-refractivity contribution in [3.63, 3.8) is 0 Å². The molecule has 4 saturated carbocycles. The molecular weight excluding hydrogens is 334 g/mol. The van der Waals surface area contributed by atoms with Crippen LogP contribution in [0, 0.1) is 17.3 Å². The van der Waals surface area contributed by atoms with Crippen LogP contribution in [0.3, 0.4) is 0 Å². The van der Waals surface area contributed by atoms with Crippen molar-refractivity contribution in [2.45, 2.75) is 49.8 Å². The number of amides is 2. The zero-order valence-electron chi connectivity index (χ0n) is 12.8. The molecule has 0 aliphatic heterocycles. The van der Waals surface area contributed by atoms with Gasteiger partial charge in [0.2, 0.25) is 11.8 Å². The molecule has 3 N–H and O–H groups in total. The maximum atomic E-state index is 12.9. The van der Waals surface area contributed by atoms with Crippen molar-refractivity contribution in [1.82, 2.24) is 4.98 Å². The number of anilines is 1. The SMILES string of the molecule is NC(=O)Cc1csc(NC(=O)C23C[C@H]4C[C@@H](CC(Cl)(C4)C2)C3)n1. The van der Waals surface area contributed by atoms with Crippen molar-refractivity contribution in [3.8, 4) is 0 Å². The number of nitrogens with two attached hydrogens (primary N) is 1. The smallest absolute Gasteiger partial charge is 0.232 e. The first-order valence-electron chi connectivity index (χ1n) is 8.09. The van der Waals surface area contributed by atoms with E-state index in [2.05, 4.69) is 10.3 Å². The van der Waals surface area contributed by atoms with Crippen molar-refractivity contribution in [2.75, 3.05) is 5.32 Å². The van der Waals surface area contributed by atoms with Gasteiger partial charge in [-0.25, -0.2) is 4.98 Å². The van der Waals surface area contributed by atoms with Gasteiger partial charge in [-0.15, -0.1) is 22.9 Å². The molecule has 1 heterocycles. The molecule has 4 fully saturated rings. The summed E-state index contributed by atoms with van der Waals surface area (Å²) in [6.07, 6.45) is 6.11. The summed E-state index contributed by atoms with van der Waals surface area (Å²) < 4.78 is 0. The third-order valence-electron chi connectivity index (χ3n) is 5.60. The minimum atomic E-state index is -0.418. The second-order valence-electron chi connectivity index (χ2n) is 7.63. The van der Waals surface area contributed by atoms with Crippen molar-refractivity contribution >= 4 is 39.9 Å². The molecule has 2 amide bonds. The largest absolute Gasteiger partial charge is 0.369 e. The molecule has 4 bridgehead atoms. The first-order chi connectivity index (χ1) is 10.9. The van der Waals surface area contributed by atoms with Crippen LogP contribution in [0.5, 0.6) is 0 Å². The Labute approximate surface area is 144 Å². The summed E-state index contributed by atoms with van der Waals surface area (Å²) in [7, 11) is 0. The second-order valence-corrected chi connectivity index (χ2v) is 9.29. The molecule has 7 heteroatoms. The number of halogens is 1. The van der Waals surface area contributed by atoms with Gasteiger partial charge in [0.05, 0.1) is 17.5 Å². The van der Waals surface area contributed by atoms with Crippen LogP contribution >= 0.6 is 22.9 Å². The van der Waals surface area contributed by atoms with Crippen molar-refractivity contribution < 1.29 is 9.59 Å². The number of hydrogen-bond acceptors (Lipinski definition) is 4. The van der Waals surface area contributed by atoms with Gasteiger partial charge in [0, 0.05) is 10.3 Å². The van der Waals surface area contributed by atoms with E-state index in [9.17, 15) is 9.59 Å². The van der Waals surface area contributed by atoms with E-state index in [0.29, 0.717) is 22.7 Å². The van der Waals surface area contributed by atoms with Gasteiger partial charge in [-0.2, -0.15) is 0 Å². The minimum Gasteiger partial charge on any atom is -0.369 e. The predicted molar refractivity (Wildman–Crippen MR) is 89.3 cm³/mol. The number of hydrogen-bond donors (Lipinski definition) is 2. The lowest BCUT2D eigenvalue weighted by atomic mass is 9.49. The zero-order valence-corrected chi connectivity index (χ0v) is 14.4. The number of carbonyl (C=O) groups excluding carboxylic acids is 2. The van der Waals surface area contributed by atoms with Crippen molar-refractivity contribution in [2.24, 2.45) is 23.0 Å². The van der Waals surface area contributed by atoms with E-state index >= 15 is 0 Å². The van der Waals surface area contributed by atoms with E-state index in [-0.39, 0.29) is 22.6 Å². The third-order valence-corrected chi connectivity index (χ3v) is 6.85. The maximum Gasteiger partial charge on any atom is 0.232 e. The monoisotopic (exact) mass is 353 g/mol. The fraction of sp³-hybridized carbons (Fsp3) is 0.688. The van der Waals surface area contributed by atoms with Crippen molar-refractivity contribution in [3.05, 3.63) is 11.1 Å². The Morgan fingerprint density at radius 1 is 1.35 bits per heavy atom. The number of nitrogens with one attached hydrogen (secondary N) is 1. The highest BCUT2D eigenvalue weighted by atomic mass is 35.5. The molecule has 5 nitrogen and oxygen atoms in total. The van der Waals surface area contributed by atoms with Crippen molar-refractivity contribution in [1.29, 1.82) is 0 Å². The van der Waals surface area contributed by atoms with Crippen LogP contribution in [0.2, 0.25) is 0 Å². The first-order valence-corrected chi connectivity index (χ1v) is 9.35. The Morgan fingerprint density at radius 2 is 2.04 bits per heavy atom. The molecule has 0 spiro atoms. The van der Waals surface area contributed by atoms with E-state index in [0.717, 1.165) is 32.1 Å². The molecule has 2 atom stereocenters. The number of carbonyl (C=O) groups is 2. The van der Waals surface area contributed by atoms with Crippen LogP contribution in [0.4, 0.5) is 5.13 Å². The Balaban J connectivity index is 1.51. The molecule has 1 aromatic rings. The summed E-state index contributed by atoms with van der Waals surface area (Å²) in [6.45, 7) is 0. The minimum absolute atomic E-state index is 0.0524. The van der Waals surface area contributed by atoms with E-state index in [4.69, 9.17) is 17.3 Å². The highest BCUT2D eigenvalue weighted by molar-refractivity contribution is 7.13. The summed E-state index contributed by atoms with van der Waals surface area (Å²) in [5.74, 6) is 0.803. The molecule has 0 aromatic carbocycles. The fourth-order valence-corrected chi connectivity index (χ4v) is 6.67. The van der Waals surface area contributed by atoms with Gasteiger partial charge in [0.15, 0.2) is 5.13 Å². The van der Waals surface area contributed by atoms with Gasteiger partial charge < -0.3 is 11.1 Å². The molecule has 1 aromatic heterocycles. The Morgan fingerprint density at radius 3 is 2.65 bits per heavy atom. The summed E-state index contributed by atoms with van der Waals surface area (Å²) >= 11 is 8.12. The number of aromatic nitrogens is 1. The molecule has 0 radical (unpaired) electrons. The lowest BCUT2D eigenvalue weighted by molar-refractivity contribution is -0.138. The molecule has 5 rings (SSSR count). The number of rotatable bonds is 4. The second kappa shape index (κ2) is 5.18.